The lowest BCUT2D eigenvalue weighted by Gasteiger charge is -2.29. The van der Waals surface area contributed by atoms with Gasteiger partial charge in [0, 0.05) is 13.1 Å². The highest BCUT2D eigenvalue weighted by atomic mass is 19.1. The van der Waals surface area contributed by atoms with Crippen molar-refractivity contribution >= 4 is 5.91 Å². The number of halogens is 1. The van der Waals surface area contributed by atoms with Crippen molar-refractivity contribution < 1.29 is 14.3 Å². The van der Waals surface area contributed by atoms with Gasteiger partial charge in [0.1, 0.15) is 5.82 Å². The van der Waals surface area contributed by atoms with E-state index >= 15 is 0 Å². The summed E-state index contributed by atoms with van der Waals surface area (Å²) in [7, 11) is 0. The maximum Gasteiger partial charge on any atom is 0.273 e. The van der Waals surface area contributed by atoms with Gasteiger partial charge in [0.25, 0.3) is 5.91 Å². The number of aliphatic hydroxyl groups excluding tert-OH is 1. The fraction of sp³-hybridized carbons (Fsp3) is 0.500. The average molecular weight is 361 g/mol. The van der Waals surface area contributed by atoms with Crippen molar-refractivity contribution in [2.24, 2.45) is 0 Å². The van der Waals surface area contributed by atoms with Crippen LogP contribution in [-0.4, -0.2) is 63.2 Å². The van der Waals surface area contributed by atoms with Gasteiger partial charge in [-0.1, -0.05) is 17.3 Å². The predicted molar refractivity (Wildman–Crippen MR) is 94.2 cm³/mol. The quantitative estimate of drug-likeness (QED) is 0.720. The molecule has 8 heteroatoms. The standard InChI is InChI=1S/C18H24FN5O2/c19-15-6-4-14(5-7-15)11-24-13-17(21-22-24)18(26)20-8-2-10-23-9-1-3-16(25)12-23/h4-7,13,16,25H,1-3,8-12H2,(H,20,26)/t16-/m0/s1. The minimum Gasteiger partial charge on any atom is -0.392 e. The Bertz CT molecular complexity index is 719. The van der Waals surface area contributed by atoms with Gasteiger partial charge in [-0.05, 0) is 50.0 Å². The number of nitrogens with zero attached hydrogens (tertiary/aromatic N) is 4. The van der Waals surface area contributed by atoms with E-state index in [1.165, 1.54) is 12.1 Å². The van der Waals surface area contributed by atoms with Crippen molar-refractivity contribution in [1.82, 2.24) is 25.2 Å². The number of carbonyl (C=O) groups is 1. The van der Waals surface area contributed by atoms with Crippen LogP contribution in [-0.2, 0) is 6.54 Å². The Morgan fingerprint density at radius 1 is 1.35 bits per heavy atom. The maximum atomic E-state index is 12.9. The highest BCUT2D eigenvalue weighted by Crippen LogP contribution is 2.09. The molecule has 1 aromatic carbocycles. The Kier molecular flexibility index (Phi) is 6.30. The number of hydrogen-bond donors (Lipinski definition) is 2. The summed E-state index contributed by atoms with van der Waals surface area (Å²) in [5.41, 5.74) is 1.15. The summed E-state index contributed by atoms with van der Waals surface area (Å²) >= 11 is 0. The number of carbonyl (C=O) groups excluding carboxylic acids is 1. The van der Waals surface area contributed by atoms with Crippen molar-refractivity contribution in [3.05, 3.63) is 47.5 Å². The molecule has 3 rings (SSSR count). The molecule has 1 aliphatic rings. The zero-order valence-corrected chi connectivity index (χ0v) is 14.6. The van der Waals surface area contributed by atoms with Gasteiger partial charge in [0.15, 0.2) is 5.69 Å². The number of benzene rings is 1. The molecule has 2 aromatic rings. The van der Waals surface area contributed by atoms with Crippen LogP contribution < -0.4 is 5.32 Å². The molecule has 0 bridgehead atoms. The highest BCUT2D eigenvalue weighted by Gasteiger charge is 2.17. The summed E-state index contributed by atoms with van der Waals surface area (Å²) < 4.78 is 14.5. The molecule has 2 heterocycles. The van der Waals surface area contributed by atoms with Crippen molar-refractivity contribution in [2.45, 2.75) is 31.9 Å². The highest BCUT2D eigenvalue weighted by molar-refractivity contribution is 5.91. The number of rotatable bonds is 7. The smallest absolute Gasteiger partial charge is 0.273 e. The van der Waals surface area contributed by atoms with Crippen LogP contribution in [0.25, 0.3) is 0 Å². The summed E-state index contributed by atoms with van der Waals surface area (Å²) in [5, 5.41) is 20.3. The number of nitrogens with one attached hydrogen (secondary N) is 1. The molecule has 0 unspecified atom stereocenters. The third-order valence-corrected chi connectivity index (χ3v) is 4.45. The lowest BCUT2D eigenvalue weighted by Crippen LogP contribution is -2.39. The summed E-state index contributed by atoms with van der Waals surface area (Å²) in [6, 6.07) is 6.13. The first kappa shape index (κ1) is 18.5. The lowest BCUT2D eigenvalue weighted by atomic mass is 10.1. The second kappa shape index (κ2) is 8.86. The number of aromatic nitrogens is 3. The summed E-state index contributed by atoms with van der Waals surface area (Å²) in [6.45, 7) is 3.55. The molecule has 7 nitrogen and oxygen atoms in total. The Labute approximate surface area is 151 Å². The van der Waals surface area contributed by atoms with Crippen LogP contribution in [0.1, 0.15) is 35.3 Å². The molecule has 1 amide bonds. The first-order valence-corrected chi connectivity index (χ1v) is 8.93. The van der Waals surface area contributed by atoms with Crippen LogP contribution in [0.15, 0.2) is 30.5 Å². The number of likely N-dealkylation sites (tertiary alicyclic amines) is 1. The average Bonchev–Trinajstić information content (AvgIpc) is 3.09. The van der Waals surface area contributed by atoms with E-state index in [0.717, 1.165) is 37.9 Å². The monoisotopic (exact) mass is 361 g/mol. The number of aliphatic hydroxyl groups is 1. The summed E-state index contributed by atoms with van der Waals surface area (Å²) in [6.07, 6.45) is 4.07. The number of hydrogen-bond acceptors (Lipinski definition) is 5. The normalized spacial score (nSPS) is 18.0. The van der Waals surface area contributed by atoms with E-state index in [-0.39, 0.29) is 23.5 Å². The van der Waals surface area contributed by atoms with Crippen LogP contribution in [0.5, 0.6) is 0 Å². The van der Waals surface area contributed by atoms with Gasteiger partial charge in [-0.25, -0.2) is 9.07 Å². The molecule has 0 spiro atoms. The molecule has 1 fully saturated rings. The number of β-amino-alcohol motifs (C(OH)–C–C–N with tert-alkyl or cyclic N) is 1. The largest absolute Gasteiger partial charge is 0.392 e. The molecule has 1 aliphatic heterocycles. The van der Waals surface area contributed by atoms with Gasteiger partial charge < -0.3 is 15.3 Å². The van der Waals surface area contributed by atoms with E-state index < -0.39 is 0 Å². The predicted octanol–water partition coefficient (Wildman–Crippen LogP) is 1.04. The molecule has 0 aliphatic carbocycles. The van der Waals surface area contributed by atoms with E-state index in [9.17, 15) is 14.3 Å². The second-order valence-electron chi connectivity index (χ2n) is 6.63. The topological polar surface area (TPSA) is 83.3 Å². The fourth-order valence-electron chi connectivity index (χ4n) is 3.09. The van der Waals surface area contributed by atoms with Gasteiger partial charge >= 0.3 is 0 Å². The zero-order valence-electron chi connectivity index (χ0n) is 14.6. The molecular weight excluding hydrogens is 337 g/mol. The molecule has 1 saturated heterocycles. The maximum absolute atomic E-state index is 12.9. The number of amides is 1. The van der Waals surface area contributed by atoms with Crippen LogP contribution in [0.3, 0.4) is 0 Å². The van der Waals surface area contributed by atoms with Gasteiger partial charge in [-0.3, -0.25) is 4.79 Å². The van der Waals surface area contributed by atoms with Gasteiger partial charge in [0.2, 0.25) is 0 Å². The van der Waals surface area contributed by atoms with E-state index in [4.69, 9.17) is 0 Å². The zero-order chi connectivity index (χ0) is 18.4. The van der Waals surface area contributed by atoms with Crippen LogP contribution in [0.2, 0.25) is 0 Å². The van der Waals surface area contributed by atoms with Crippen LogP contribution in [0, 0.1) is 5.82 Å². The van der Waals surface area contributed by atoms with E-state index in [1.54, 1.807) is 23.0 Å². The fourth-order valence-corrected chi connectivity index (χ4v) is 3.09. The minimum atomic E-state index is -0.286. The van der Waals surface area contributed by atoms with E-state index in [0.29, 0.717) is 19.6 Å². The SMILES string of the molecule is O=C(NCCCN1CCC[C@H](O)C1)c1cn(Cc2ccc(F)cc2)nn1. The van der Waals surface area contributed by atoms with Crippen LogP contribution in [0.4, 0.5) is 4.39 Å². The second-order valence-corrected chi connectivity index (χ2v) is 6.63. The van der Waals surface area contributed by atoms with Gasteiger partial charge in [-0.15, -0.1) is 5.10 Å². The lowest BCUT2D eigenvalue weighted by molar-refractivity contribution is 0.0697. The molecule has 0 radical (unpaired) electrons. The molecule has 1 atom stereocenters. The Hall–Kier alpha value is -2.32. The van der Waals surface area contributed by atoms with Crippen LogP contribution >= 0.6 is 0 Å². The van der Waals surface area contributed by atoms with Crippen molar-refractivity contribution in [3.63, 3.8) is 0 Å². The van der Waals surface area contributed by atoms with Gasteiger partial charge in [-0.2, -0.15) is 0 Å². The third kappa shape index (κ3) is 5.34. The van der Waals surface area contributed by atoms with E-state index in [1.807, 2.05) is 0 Å². The summed E-state index contributed by atoms with van der Waals surface area (Å²) in [4.78, 5) is 14.3. The molecule has 0 saturated carbocycles. The Morgan fingerprint density at radius 3 is 2.92 bits per heavy atom. The van der Waals surface area contributed by atoms with E-state index in [2.05, 4.69) is 20.5 Å². The molecule has 2 N–H and O–H groups in total. The molecule has 140 valence electrons. The number of piperidine rings is 1. The first-order chi connectivity index (χ1) is 12.6. The first-order valence-electron chi connectivity index (χ1n) is 8.93. The minimum absolute atomic E-state index is 0.227. The van der Waals surface area contributed by atoms with Crippen molar-refractivity contribution in [2.75, 3.05) is 26.2 Å². The Balaban J connectivity index is 1.41. The molecule has 1 aromatic heterocycles. The Morgan fingerprint density at radius 2 is 2.15 bits per heavy atom. The van der Waals surface area contributed by atoms with Crippen molar-refractivity contribution in [1.29, 1.82) is 0 Å². The molecular formula is C18H24FN5O2. The molecule has 26 heavy (non-hydrogen) atoms. The summed E-state index contributed by atoms with van der Waals surface area (Å²) in [5.74, 6) is -0.541. The third-order valence-electron chi connectivity index (χ3n) is 4.45. The van der Waals surface area contributed by atoms with Crippen molar-refractivity contribution in [3.8, 4) is 0 Å². The van der Waals surface area contributed by atoms with Gasteiger partial charge in [0.05, 0.1) is 18.8 Å².